The number of nitrogens with one attached hydrogen (secondary N) is 1. The Morgan fingerprint density at radius 1 is 1.22 bits per heavy atom. The van der Waals surface area contributed by atoms with Crippen molar-refractivity contribution >= 4 is 11.6 Å². The molecule has 0 bridgehead atoms. The molecule has 0 saturated carbocycles. The predicted molar refractivity (Wildman–Crippen MR) is 68.8 cm³/mol. The van der Waals surface area contributed by atoms with E-state index < -0.39 is 42.4 Å². The van der Waals surface area contributed by atoms with Crippen molar-refractivity contribution in [3.05, 3.63) is 32.6 Å². The fourth-order valence-corrected chi connectivity index (χ4v) is 2.31. The minimum absolute atomic E-state index is 0. The van der Waals surface area contributed by atoms with E-state index in [-0.39, 0.29) is 150 Å². The van der Waals surface area contributed by atoms with Crippen LogP contribution in [-0.2, 0) is 11.2 Å². The average Bonchev–Trinajstić information content (AvgIpc) is 2.70. The van der Waals surface area contributed by atoms with E-state index in [1.54, 1.807) is 0 Å². The summed E-state index contributed by atoms with van der Waals surface area (Å²) in [6.45, 7) is -0.499. The van der Waals surface area contributed by atoms with E-state index in [1.165, 1.54) is 6.20 Å². The molecule has 4 N–H and O–H groups in total. The van der Waals surface area contributed by atoms with Crippen LogP contribution in [0.1, 0.15) is 11.8 Å². The smallest absolute Gasteiger partial charge is 0.330 e. The van der Waals surface area contributed by atoms with E-state index in [4.69, 9.17) is 21.4 Å². The third-order valence-electron chi connectivity index (χ3n) is 3.20. The summed E-state index contributed by atoms with van der Waals surface area (Å²) < 4.78 is 6.21. The van der Waals surface area contributed by atoms with Gasteiger partial charge >= 0.3 is 5.69 Å². The molecule has 3 radical (unpaired) electrons. The van der Waals surface area contributed by atoms with Gasteiger partial charge in [-0.25, -0.2) is 4.79 Å². The molecule has 8 nitrogen and oxygen atoms in total. The van der Waals surface area contributed by atoms with Crippen molar-refractivity contribution in [3.63, 3.8) is 0 Å². The normalized spacial score (nSPS) is 25.9. The van der Waals surface area contributed by atoms with E-state index >= 15 is 0 Å². The number of ether oxygens (including phenoxy) is 1. The molecule has 0 aliphatic carbocycles. The minimum Gasteiger partial charge on any atom is -0.394 e. The van der Waals surface area contributed by atoms with Gasteiger partial charge in [-0.15, -0.1) is 11.6 Å². The number of aromatic nitrogens is 2. The third kappa shape index (κ3) is 6.91. The summed E-state index contributed by atoms with van der Waals surface area (Å²) in [6.07, 6.45) is -3.40. The van der Waals surface area contributed by atoms with Gasteiger partial charge < -0.3 is 20.1 Å². The molecule has 23 heavy (non-hydrogen) atoms. The minimum atomic E-state index is -1.39. The van der Waals surface area contributed by atoms with E-state index in [2.05, 4.69) is 4.98 Å². The Morgan fingerprint density at radius 2 is 1.83 bits per heavy atom. The Labute approximate surface area is 244 Å². The van der Waals surface area contributed by atoms with Gasteiger partial charge in [0.15, 0.2) is 6.23 Å². The van der Waals surface area contributed by atoms with E-state index in [1.807, 2.05) is 0 Å². The van der Waals surface area contributed by atoms with E-state index in [9.17, 15) is 19.8 Å². The van der Waals surface area contributed by atoms with Gasteiger partial charge in [0, 0.05) is 150 Å². The summed E-state index contributed by atoms with van der Waals surface area (Å²) in [4.78, 5) is 25.4. The topological polar surface area (TPSA) is 125 Å². The Balaban J connectivity index is 0. The summed E-state index contributed by atoms with van der Waals surface area (Å²) in [5.41, 5.74) is -1.07. The second-order valence-corrected chi connectivity index (χ2v) is 4.87. The van der Waals surface area contributed by atoms with Crippen molar-refractivity contribution in [1.82, 2.24) is 9.55 Å². The Bertz CT molecular complexity index is 598. The standard InChI is InChI=1S/C11H15ClN2O6.3Ac/c12-2-1-5-3-14(11(19)13-9(5)18)10-8(17)7(16)6(4-15)20-10;;;/h3,6-8,10,15-17H,1-2,4H2,(H,13,18,19);;;. The maximum atomic E-state index is 11.8. The molecule has 0 aromatic carbocycles. The summed E-state index contributed by atoms with van der Waals surface area (Å²) in [6, 6.07) is 0. The first-order chi connectivity index (χ1) is 9.49. The summed E-state index contributed by atoms with van der Waals surface area (Å²) in [7, 11) is 0. The second kappa shape index (κ2) is 13.3. The van der Waals surface area contributed by atoms with Crippen molar-refractivity contribution in [2.24, 2.45) is 0 Å². The van der Waals surface area contributed by atoms with Gasteiger partial charge in [0.2, 0.25) is 0 Å². The number of hydrogen-bond acceptors (Lipinski definition) is 6. The number of alkyl halides is 1. The Kier molecular flexibility index (Phi) is 16.4. The van der Waals surface area contributed by atoms with Gasteiger partial charge in [0.05, 0.1) is 6.61 Å². The first kappa shape index (κ1) is 28.3. The summed E-state index contributed by atoms with van der Waals surface area (Å²) in [5.74, 6) is 0.192. The molecule has 121 valence electrons. The van der Waals surface area contributed by atoms with Gasteiger partial charge in [-0.1, -0.05) is 0 Å². The molecule has 1 aliphatic heterocycles. The number of aryl methyl sites for hydroxylation is 1. The number of halogens is 1. The second-order valence-electron chi connectivity index (χ2n) is 4.49. The van der Waals surface area contributed by atoms with Crippen molar-refractivity contribution < 1.29 is 152 Å². The molecule has 0 amide bonds. The number of H-pyrrole nitrogens is 1. The number of rotatable bonds is 4. The first-order valence-corrected chi connectivity index (χ1v) is 6.55. The van der Waals surface area contributed by atoms with Crippen LogP contribution < -0.4 is 11.2 Å². The van der Waals surface area contributed by atoms with Gasteiger partial charge in [0.1, 0.15) is 18.3 Å². The molecular weight excluding hydrogens is 973 g/mol. The fraction of sp³-hybridized carbons (Fsp3) is 0.636. The van der Waals surface area contributed by atoms with Gasteiger partial charge in [0.25, 0.3) is 5.56 Å². The quantitative estimate of drug-likeness (QED) is 0.258. The van der Waals surface area contributed by atoms with Crippen LogP contribution >= 0.6 is 11.6 Å². The first-order valence-electron chi connectivity index (χ1n) is 6.02. The molecule has 1 aromatic rings. The molecule has 2 rings (SSSR count). The van der Waals surface area contributed by atoms with Crippen molar-refractivity contribution in [2.45, 2.75) is 31.0 Å². The number of hydrogen-bond donors (Lipinski definition) is 4. The van der Waals surface area contributed by atoms with Crippen LogP contribution in [0.4, 0.5) is 0 Å². The SMILES string of the molecule is O=c1[nH]c(=O)n(C2OC(CO)C(O)C2O)cc1CCCl.[Ac].[Ac].[Ac]. The average molecular weight is 988 g/mol. The monoisotopic (exact) mass is 987 g/mol. The molecular formula is C11H15Ac3ClN2O6. The number of aliphatic hydroxyl groups excluding tert-OH is 3. The molecule has 2 heterocycles. The molecule has 1 fully saturated rings. The number of aliphatic hydroxyl groups is 3. The van der Waals surface area contributed by atoms with Crippen molar-refractivity contribution in [1.29, 1.82) is 0 Å². The zero-order chi connectivity index (χ0) is 14.9. The van der Waals surface area contributed by atoms with Gasteiger partial charge in [-0.3, -0.25) is 14.3 Å². The molecule has 1 aromatic heterocycles. The predicted octanol–water partition coefficient (Wildman–Crippen LogP) is -2.07. The maximum absolute atomic E-state index is 11.8. The molecule has 12 heteroatoms. The summed E-state index contributed by atoms with van der Waals surface area (Å²) >= 11 is 5.56. The largest absolute Gasteiger partial charge is 0.394 e. The molecule has 0 spiro atoms. The van der Waals surface area contributed by atoms with Crippen molar-refractivity contribution in [2.75, 3.05) is 12.5 Å². The Hall–Kier alpha value is 3.13. The number of aromatic amines is 1. The van der Waals surface area contributed by atoms with Crippen LogP contribution in [0.3, 0.4) is 0 Å². The Morgan fingerprint density at radius 3 is 2.30 bits per heavy atom. The van der Waals surface area contributed by atoms with Crippen LogP contribution in [0.5, 0.6) is 0 Å². The zero-order valence-electron chi connectivity index (χ0n) is 12.1. The molecule has 1 saturated heterocycles. The summed E-state index contributed by atoms with van der Waals surface area (Å²) in [5, 5.41) is 28.5. The third-order valence-corrected chi connectivity index (χ3v) is 3.39. The van der Waals surface area contributed by atoms with Crippen LogP contribution in [-0.4, -0.2) is 55.7 Å². The van der Waals surface area contributed by atoms with Crippen LogP contribution in [0.25, 0.3) is 0 Å². The van der Waals surface area contributed by atoms with E-state index in [0.717, 1.165) is 4.57 Å². The van der Waals surface area contributed by atoms with Gasteiger partial charge in [-0.05, 0) is 6.42 Å². The van der Waals surface area contributed by atoms with Crippen LogP contribution in [0.15, 0.2) is 15.8 Å². The van der Waals surface area contributed by atoms with Crippen LogP contribution in [0.2, 0.25) is 0 Å². The molecule has 1 aliphatic rings. The maximum Gasteiger partial charge on any atom is 0.330 e. The molecule has 4 unspecified atom stereocenters. The fourth-order valence-electron chi connectivity index (χ4n) is 2.11. The molecule has 4 atom stereocenters. The van der Waals surface area contributed by atoms with E-state index in [0.29, 0.717) is 0 Å². The zero-order valence-corrected chi connectivity index (χ0v) is 27.1. The van der Waals surface area contributed by atoms with Gasteiger partial charge in [-0.2, -0.15) is 0 Å². The van der Waals surface area contributed by atoms with Crippen LogP contribution in [0, 0.1) is 132 Å². The number of nitrogens with zero attached hydrogens (tertiary/aromatic N) is 1. The van der Waals surface area contributed by atoms with Crippen molar-refractivity contribution in [3.8, 4) is 0 Å².